The summed E-state index contributed by atoms with van der Waals surface area (Å²) in [5.74, 6) is 0. The first-order valence-electron chi connectivity index (χ1n) is 4.08. The van der Waals surface area contributed by atoms with Crippen molar-refractivity contribution >= 4 is 0 Å². The Kier molecular flexibility index (Phi) is 6.08. The second kappa shape index (κ2) is 6.66. The Labute approximate surface area is 74.4 Å². The van der Waals surface area contributed by atoms with Crippen LogP contribution in [0.25, 0.3) is 0 Å². The maximum atomic E-state index is 8.81. The number of aliphatic hydroxyl groups is 1. The van der Waals surface area contributed by atoms with Crippen LogP contribution in [0.3, 0.4) is 0 Å². The Morgan fingerprint density at radius 2 is 2.25 bits per heavy atom. The fourth-order valence-corrected chi connectivity index (χ4v) is 0.670. The molecule has 0 atom stereocenters. The van der Waals surface area contributed by atoms with Gasteiger partial charge in [0.15, 0.2) is 0 Å². The van der Waals surface area contributed by atoms with E-state index < -0.39 is 0 Å². The van der Waals surface area contributed by atoms with E-state index in [1.165, 1.54) is 0 Å². The van der Waals surface area contributed by atoms with E-state index in [0.29, 0.717) is 0 Å². The first-order valence-corrected chi connectivity index (χ1v) is 4.08. The molecule has 0 aromatic carbocycles. The lowest BCUT2D eigenvalue weighted by atomic mass is 10.2. The largest absolute Gasteiger partial charge is 0.392 e. The Morgan fingerprint density at radius 1 is 1.58 bits per heavy atom. The zero-order chi connectivity index (χ0) is 9.40. The molecule has 0 fully saturated rings. The second-order valence-electron chi connectivity index (χ2n) is 2.56. The van der Waals surface area contributed by atoms with Crippen molar-refractivity contribution in [1.82, 2.24) is 0 Å². The number of hydrogen-bond donors (Lipinski definition) is 1. The molecule has 0 amide bonds. The molecule has 0 rings (SSSR count). The van der Waals surface area contributed by atoms with E-state index >= 15 is 0 Å². The van der Waals surface area contributed by atoms with Gasteiger partial charge in [0.2, 0.25) is 0 Å². The Morgan fingerprint density at radius 3 is 2.67 bits per heavy atom. The third kappa shape index (κ3) is 4.73. The van der Waals surface area contributed by atoms with E-state index in [1.54, 1.807) is 0 Å². The van der Waals surface area contributed by atoms with Gasteiger partial charge in [-0.2, -0.15) is 0 Å². The SMILES string of the molecule is C=C=C(C)/C=C\C=C(/CC)CO. The minimum absolute atomic E-state index is 0.137. The Hall–Kier alpha value is -1.04. The summed E-state index contributed by atoms with van der Waals surface area (Å²) in [7, 11) is 0. The summed E-state index contributed by atoms with van der Waals surface area (Å²) >= 11 is 0. The minimum atomic E-state index is 0.137. The highest BCUT2D eigenvalue weighted by atomic mass is 16.3. The van der Waals surface area contributed by atoms with E-state index in [2.05, 4.69) is 12.3 Å². The third-order valence-electron chi connectivity index (χ3n) is 1.61. The fraction of sp³-hybridized carbons (Fsp3) is 0.364. The molecule has 12 heavy (non-hydrogen) atoms. The quantitative estimate of drug-likeness (QED) is 0.500. The molecule has 0 heterocycles. The molecule has 0 saturated carbocycles. The molecule has 66 valence electrons. The third-order valence-corrected chi connectivity index (χ3v) is 1.61. The van der Waals surface area contributed by atoms with Crippen LogP contribution in [0.5, 0.6) is 0 Å². The molecule has 0 bridgehead atoms. The molecule has 1 N–H and O–H groups in total. The summed E-state index contributed by atoms with van der Waals surface area (Å²) in [4.78, 5) is 0. The number of rotatable bonds is 4. The van der Waals surface area contributed by atoms with Gasteiger partial charge in [0.1, 0.15) is 0 Å². The summed E-state index contributed by atoms with van der Waals surface area (Å²) in [6.45, 7) is 7.60. The smallest absolute Gasteiger partial charge is 0.0644 e. The van der Waals surface area contributed by atoms with Crippen molar-refractivity contribution in [3.8, 4) is 0 Å². The first-order chi connectivity index (χ1) is 5.74. The lowest BCUT2D eigenvalue weighted by Gasteiger charge is -1.94. The van der Waals surface area contributed by atoms with Crippen molar-refractivity contribution in [2.24, 2.45) is 0 Å². The van der Waals surface area contributed by atoms with E-state index in [-0.39, 0.29) is 6.61 Å². The number of hydrogen-bond acceptors (Lipinski definition) is 1. The van der Waals surface area contributed by atoms with E-state index in [4.69, 9.17) is 5.11 Å². The van der Waals surface area contributed by atoms with Crippen LogP contribution in [-0.2, 0) is 0 Å². The van der Waals surface area contributed by atoms with Gasteiger partial charge in [-0.05, 0) is 24.5 Å². The molecule has 0 aromatic heterocycles. The van der Waals surface area contributed by atoms with Crippen LogP contribution in [0.2, 0.25) is 0 Å². The molecular weight excluding hydrogens is 148 g/mol. The molecule has 1 heteroatoms. The van der Waals surface area contributed by atoms with Crippen LogP contribution in [-0.4, -0.2) is 11.7 Å². The van der Waals surface area contributed by atoms with Gasteiger partial charge >= 0.3 is 0 Å². The van der Waals surface area contributed by atoms with Crippen molar-refractivity contribution in [3.05, 3.63) is 41.7 Å². The molecule has 1 nitrogen and oxygen atoms in total. The maximum Gasteiger partial charge on any atom is 0.0644 e. The van der Waals surface area contributed by atoms with Gasteiger partial charge in [-0.1, -0.05) is 31.7 Å². The van der Waals surface area contributed by atoms with Crippen molar-refractivity contribution < 1.29 is 5.11 Å². The summed E-state index contributed by atoms with van der Waals surface area (Å²) in [6.07, 6.45) is 6.62. The fourth-order valence-electron chi connectivity index (χ4n) is 0.670. The molecule has 0 unspecified atom stereocenters. The van der Waals surface area contributed by atoms with Gasteiger partial charge in [-0.25, -0.2) is 0 Å². The van der Waals surface area contributed by atoms with Crippen LogP contribution in [0.4, 0.5) is 0 Å². The molecule has 0 aliphatic rings. The van der Waals surface area contributed by atoms with Crippen molar-refractivity contribution in [2.75, 3.05) is 6.61 Å². The number of aliphatic hydroxyl groups excluding tert-OH is 1. The monoisotopic (exact) mass is 164 g/mol. The lowest BCUT2D eigenvalue weighted by molar-refractivity contribution is 0.328. The summed E-state index contributed by atoms with van der Waals surface area (Å²) in [5.41, 5.74) is 4.79. The van der Waals surface area contributed by atoms with Gasteiger partial charge in [-0.3, -0.25) is 0 Å². The summed E-state index contributed by atoms with van der Waals surface area (Å²) < 4.78 is 0. The summed E-state index contributed by atoms with van der Waals surface area (Å²) in [5, 5.41) is 8.81. The van der Waals surface area contributed by atoms with Crippen molar-refractivity contribution in [3.63, 3.8) is 0 Å². The molecular formula is C11H16O. The minimum Gasteiger partial charge on any atom is -0.392 e. The van der Waals surface area contributed by atoms with Crippen molar-refractivity contribution in [1.29, 1.82) is 0 Å². The van der Waals surface area contributed by atoms with Gasteiger partial charge in [0.25, 0.3) is 0 Å². The Balaban J connectivity index is 4.18. The lowest BCUT2D eigenvalue weighted by Crippen LogP contribution is -1.86. The molecule has 0 radical (unpaired) electrons. The van der Waals surface area contributed by atoms with E-state index in [1.807, 2.05) is 32.1 Å². The second-order valence-corrected chi connectivity index (χ2v) is 2.56. The van der Waals surface area contributed by atoms with E-state index in [0.717, 1.165) is 17.6 Å². The van der Waals surface area contributed by atoms with Crippen LogP contribution < -0.4 is 0 Å². The normalized spacial score (nSPS) is 11.8. The molecule has 0 aliphatic heterocycles. The zero-order valence-electron chi connectivity index (χ0n) is 7.80. The van der Waals surface area contributed by atoms with Crippen LogP contribution in [0.15, 0.2) is 41.7 Å². The van der Waals surface area contributed by atoms with Crippen LogP contribution in [0, 0.1) is 0 Å². The average molecular weight is 164 g/mol. The predicted molar refractivity (Wildman–Crippen MR) is 52.9 cm³/mol. The average Bonchev–Trinajstić information content (AvgIpc) is 2.12. The van der Waals surface area contributed by atoms with Crippen molar-refractivity contribution in [2.45, 2.75) is 20.3 Å². The standard InChI is InChI=1S/C11H16O/c1-4-10(3)7-6-8-11(5-2)9-12/h6-8,12H,1,5,9H2,2-3H3/b7-6-,11-8+. The molecule has 0 aliphatic carbocycles. The van der Waals surface area contributed by atoms with Crippen LogP contribution >= 0.6 is 0 Å². The number of allylic oxidation sites excluding steroid dienone is 4. The first kappa shape index (κ1) is 11.0. The van der Waals surface area contributed by atoms with Gasteiger partial charge < -0.3 is 5.11 Å². The summed E-state index contributed by atoms with van der Waals surface area (Å²) in [6, 6.07) is 0. The highest BCUT2D eigenvalue weighted by Crippen LogP contribution is 2.00. The molecule has 0 aromatic rings. The molecule has 0 saturated heterocycles. The zero-order valence-corrected chi connectivity index (χ0v) is 7.80. The van der Waals surface area contributed by atoms with Gasteiger partial charge in [0, 0.05) is 0 Å². The topological polar surface area (TPSA) is 20.2 Å². The highest BCUT2D eigenvalue weighted by Gasteiger charge is 1.86. The van der Waals surface area contributed by atoms with Gasteiger partial charge in [-0.15, -0.1) is 5.73 Å². The highest BCUT2D eigenvalue weighted by molar-refractivity contribution is 5.21. The molecule has 0 spiro atoms. The van der Waals surface area contributed by atoms with E-state index in [9.17, 15) is 0 Å². The van der Waals surface area contributed by atoms with Crippen LogP contribution in [0.1, 0.15) is 20.3 Å². The Bertz CT molecular complexity index is 221. The van der Waals surface area contributed by atoms with Gasteiger partial charge in [0.05, 0.1) is 6.61 Å². The predicted octanol–water partition coefficient (Wildman–Crippen LogP) is 2.60. The maximum absolute atomic E-state index is 8.81.